The Bertz CT molecular complexity index is 5390. The minimum absolute atomic E-state index is 0.0235. The molecule has 0 saturated carbocycles. The van der Waals surface area contributed by atoms with Gasteiger partial charge in [-0.15, -0.1) is 0 Å². The molecule has 4 heterocycles. The lowest BCUT2D eigenvalue weighted by atomic mass is 9.71. The van der Waals surface area contributed by atoms with E-state index < -0.39 is 219 Å². The maximum atomic E-state index is 15.1. The Balaban J connectivity index is 0.000000210. The first-order valence-corrected chi connectivity index (χ1v) is 32.9. The number of esters is 4. The topological polar surface area (TPSA) is 313 Å². The van der Waals surface area contributed by atoms with Crippen LogP contribution in [0.25, 0.3) is 0 Å². The summed E-state index contributed by atoms with van der Waals surface area (Å²) in [6.07, 6.45) is -40.3. The molecular weight excluding hydrogens is 1620 g/mol. The number of halogens is 21. The van der Waals surface area contributed by atoms with Gasteiger partial charge in [0.15, 0.2) is 16.8 Å². The molecule has 4 amide bonds. The summed E-state index contributed by atoms with van der Waals surface area (Å²) in [5, 5.41) is 40.8. The third-order valence-electron chi connectivity index (χ3n) is 19.5. The fourth-order valence-electron chi connectivity index (χ4n) is 13.2. The molecule has 4 aliphatic heterocycles. The summed E-state index contributed by atoms with van der Waals surface area (Å²) >= 11 is 0. The highest BCUT2D eigenvalue weighted by Crippen LogP contribution is 2.60. The van der Waals surface area contributed by atoms with Crippen molar-refractivity contribution in [1.29, 1.82) is 0 Å². The number of imide groups is 2. The Morgan fingerprint density at radius 3 is 1.02 bits per heavy atom. The van der Waals surface area contributed by atoms with Gasteiger partial charge in [0.25, 0.3) is 23.6 Å². The van der Waals surface area contributed by atoms with Gasteiger partial charge in [0.1, 0.15) is 23.0 Å². The van der Waals surface area contributed by atoms with E-state index in [2.05, 4.69) is 9.47 Å². The molecule has 0 fully saturated rings. The molecule has 0 spiro atoms. The number of alkyl halides is 21. The molecule has 3 unspecified atom stereocenters. The Hall–Kier alpha value is -12.1. The quantitative estimate of drug-likeness (QED) is 0.0205. The lowest BCUT2D eigenvalue weighted by Gasteiger charge is -2.38. The van der Waals surface area contributed by atoms with Crippen molar-refractivity contribution >= 4 is 64.6 Å². The van der Waals surface area contributed by atoms with E-state index in [1.807, 2.05) is 0 Å². The van der Waals surface area contributed by atoms with Crippen LogP contribution in [0.3, 0.4) is 0 Å². The minimum Gasteiger partial charge on any atom is -0.457 e. The van der Waals surface area contributed by atoms with Crippen molar-refractivity contribution in [2.24, 2.45) is 0 Å². The van der Waals surface area contributed by atoms with E-state index in [0.717, 1.165) is 44.3 Å². The van der Waals surface area contributed by atoms with Crippen LogP contribution in [0.2, 0.25) is 0 Å². The van der Waals surface area contributed by atoms with Gasteiger partial charge in [-0.2, -0.15) is 92.2 Å². The molecule has 8 aromatic rings. The fraction of sp³-hybridized carbons (Fsp3) is 0.263. The molecule has 12 rings (SSSR count). The zero-order valence-corrected chi connectivity index (χ0v) is 60.0. The number of rotatable bonds is 13. The van der Waals surface area contributed by atoms with Gasteiger partial charge in [-0.25, -0.2) is 24.1 Å². The first kappa shape index (κ1) is 87.3. The number of aliphatic hydroxyl groups is 4. The number of carbonyl (C=O) groups is 8. The van der Waals surface area contributed by atoms with Crippen LogP contribution in [0.15, 0.2) is 146 Å². The monoisotopic (exact) mass is 1680 g/mol. The van der Waals surface area contributed by atoms with Crippen LogP contribution in [0.4, 0.5) is 109 Å². The van der Waals surface area contributed by atoms with Crippen LogP contribution in [-0.2, 0) is 42.7 Å². The molecule has 0 bridgehead atoms. The third kappa shape index (κ3) is 14.7. The van der Waals surface area contributed by atoms with E-state index in [1.165, 1.54) is 24.3 Å². The van der Waals surface area contributed by atoms with E-state index in [1.54, 1.807) is 19.9 Å². The lowest BCUT2D eigenvalue weighted by molar-refractivity contribution is -0.290. The molecule has 8 N–H and O–H groups in total. The second-order valence-electron chi connectivity index (χ2n) is 27.6. The number of cyclic esters (lactones) is 4. The minimum atomic E-state index is -6.31. The van der Waals surface area contributed by atoms with Crippen molar-refractivity contribution in [1.82, 2.24) is 4.90 Å². The van der Waals surface area contributed by atoms with Crippen LogP contribution >= 0.6 is 0 Å². The summed E-state index contributed by atoms with van der Waals surface area (Å²) in [5.41, 5.74) is -24.9. The average molecular weight is 1680 g/mol. The zero-order chi connectivity index (χ0) is 87.9. The largest absolute Gasteiger partial charge is 0.457 e. The molecule has 20 nitrogen and oxygen atoms in total. The van der Waals surface area contributed by atoms with Crippen LogP contribution in [0.5, 0.6) is 23.0 Å². The third-order valence-corrected chi connectivity index (χ3v) is 19.5. The molecule has 8 aromatic carbocycles. The molecule has 620 valence electrons. The van der Waals surface area contributed by atoms with Gasteiger partial charge in [-0.1, -0.05) is 36.4 Å². The van der Waals surface area contributed by atoms with E-state index >= 15 is 26.3 Å². The number of amides is 4. The van der Waals surface area contributed by atoms with Crippen molar-refractivity contribution in [3.8, 4) is 23.0 Å². The first-order valence-electron chi connectivity index (χ1n) is 32.9. The van der Waals surface area contributed by atoms with Crippen molar-refractivity contribution in [3.63, 3.8) is 0 Å². The van der Waals surface area contributed by atoms with E-state index in [0.29, 0.717) is 78.9 Å². The standard InChI is InChI=1S/C39H26F12N2O7.C19H6F6O6.C18H21F3N2O3/c1-17-13-20(7-11-26(17)33(2,58)36(40,41)42)60-21-8-12-28(27(16-21)34(3,59)37(43,44)45)53-31(56)23-10-6-19(15-25(23)32(53)57)35(38(46,47)48,39(49,50)51)18-5-9-22-24(14-18)30(55)52(4)29(22)54;20-18(21,22)17(19(23,24)25,7-1-3-9-11(5-7)15(28)30-13(9)26)8-2-4-10-12(6-8)16(29)31-14(10)27;1-16(2,24)12-6-4-11(9-15(12)23)26-10-5-7-14(22)13(8-10)17(3,25)18(19,20)21/h5-16,58-59H,1-4H3;1-6H;4-9,24-25H,22-23H2,1-3H3. The molecule has 0 radical (unpaired) electrons. The van der Waals surface area contributed by atoms with Gasteiger partial charge in [-0.3, -0.25) is 24.1 Å². The van der Waals surface area contributed by atoms with E-state index in [4.69, 9.17) is 20.9 Å². The summed E-state index contributed by atoms with van der Waals surface area (Å²) in [4.78, 5) is 99.4. The predicted octanol–water partition coefficient (Wildman–Crippen LogP) is 16.1. The fourth-order valence-corrected chi connectivity index (χ4v) is 13.2. The maximum Gasteiger partial charge on any atom is 0.421 e. The molecule has 4 aliphatic rings. The van der Waals surface area contributed by atoms with Crippen molar-refractivity contribution in [3.05, 3.63) is 240 Å². The molecule has 0 saturated heterocycles. The van der Waals surface area contributed by atoms with Crippen LogP contribution < -0.4 is 25.8 Å². The zero-order valence-electron chi connectivity index (χ0n) is 60.0. The Morgan fingerprint density at radius 1 is 0.316 bits per heavy atom. The number of nitrogens with zero attached hydrogens (tertiary/aromatic N) is 2. The average Bonchev–Trinajstić information content (AvgIpc) is 1.66. The Labute approximate surface area is 642 Å². The second-order valence-corrected chi connectivity index (χ2v) is 27.6. The number of hydrogen-bond donors (Lipinski definition) is 6. The number of fused-ring (bicyclic) bond motifs is 4. The SMILES string of the molecule is CC(C)(O)c1ccc(Oc2ccc(N)c(C(C)(O)C(F)(F)F)c2)cc1N.Cc1cc(Oc2ccc(N3C(=O)c4ccc(C(c5ccc6c(c5)C(=O)N(C)C6=O)(C(F)(F)F)C(F)(F)F)cc4C3=O)c(C(C)(O)C(F)(F)F)c2)ccc1C(C)(O)C(F)(F)F.O=C1OC(=O)c2cc(C(c3ccc4c(c3)C(=O)OC4=O)(C(F)(F)F)C(F)(F)F)ccc21. The normalized spacial score (nSPS) is 16.4. The van der Waals surface area contributed by atoms with Gasteiger partial charge in [0.2, 0.25) is 10.8 Å². The number of nitrogens with two attached hydrogens (primary N) is 2. The highest BCUT2D eigenvalue weighted by Gasteiger charge is 2.75. The van der Waals surface area contributed by atoms with Gasteiger partial charge in [0, 0.05) is 41.2 Å². The summed E-state index contributed by atoms with van der Waals surface area (Å²) in [7, 11) is 0.941. The van der Waals surface area contributed by atoms with Gasteiger partial charge in [-0.05, 0) is 178 Å². The van der Waals surface area contributed by atoms with Crippen LogP contribution in [0, 0.1) is 6.92 Å². The van der Waals surface area contributed by atoms with Crippen molar-refractivity contribution in [2.45, 2.75) is 118 Å². The smallest absolute Gasteiger partial charge is 0.421 e. The molecule has 0 aliphatic carbocycles. The molecular formula is C76H53F21N4O16. The second kappa shape index (κ2) is 28.7. The summed E-state index contributed by atoms with van der Waals surface area (Å²) in [5.74, 6) is -11.3. The van der Waals surface area contributed by atoms with Gasteiger partial charge in [0.05, 0.1) is 55.8 Å². The van der Waals surface area contributed by atoms with Gasteiger partial charge >= 0.3 is 67.1 Å². The summed E-state index contributed by atoms with van der Waals surface area (Å²) in [6.45, 7) is 5.59. The van der Waals surface area contributed by atoms with Crippen molar-refractivity contribution < 1.29 is 170 Å². The molecule has 117 heavy (non-hydrogen) atoms. The van der Waals surface area contributed by atoms with Crippen molar-refractivity contribution in [2.75, 3.05) is 23.4 Å². The van der Waals surface area contributed by atoms with Crippen LogP contribution in [-0.4, -0.2) is 123 Å². The highest BCUT2D eigenvalue weighted by atomic mass is 19.4. The van der Waals surface area contributed by atoms with Crippen LogP contribution in [0.1, 0.15) is 168 Å². The first-order chi connectivity index (χ1) is 53.3. The van der Waals surface area contributed by atoms with E-state index in [9.17, 15) is 125 Å². The molecule has 3 atom stereocenters. The Morgan fingerprint density at radius 2 is 0.624 bits per heavy atom. The number of hydrogen-bond acceptors (Lipinski definition) is 18. The molecule has 41 heteroatoms. The lowest BCUT2D eigenvalue weighted by Crippen LogP contribution is -2.55. The maximum absolute atomic E-state index is 15.1. The molecule has 0 aromatic heterocycles. The summed E-state index contributed by atoms with van der Waals surface area (Å²) < 4.78 is 318. The van der Waals surface area contributed by atoms with E-state index in [-0.39, 0.29) is 76.3 Å². The van der Waals surface area contributed by atoms with Gasteiger partial charge < -0.3 is 50.8 Å². The number of nitrogen functional groups attached to an aromatic ring is 2. The number of carbonyl (C=O) groups excluding carboxylic acids is 8. The number of benzene rings is 8. The number of anilines is 3. The number of aryl methyl sites for hydroxylation is 1. The predicted molar refractivity (Wildman–Crippen MR) is 360 cm³/mol. The Kier molecular flexibility index (Phi) is 21.4. The number of ether oxygens (including phenoxy) is 4. The summed E-state index contributed by atoms with van der Waals surface area (Å²) in [6, 6.07) is 17.3. The highest BCUT2D eigenvalue weighted by molar-refractivity contribution is 6.35.